The molecule has 1 aromatic heterocycles. The summed E-state index contributed by atoms with van der Waals surface area (Å²) in [7, 11) is 1.65. The molecule has 0 amide bonds. The zero-order valence-corrected chi connectivity index (χ0v) is 10.4. The maximum absolute atomic E-state index is 13.7. The van der Waals surface area contributed by atoms with Crippen LogP contribution in [0, 0.1) is 17.5 Å². The van der Waals surface area contributed by atoms with E-state index in [-0.39, 0.29) is 5.56 Å². The van der Waals surface area contributed by atoms with Crippen molar-refractivity contribution >= 4 is 11.3 Å². The first-order valence-corrected chi connectivity index (χ1v) is 6.19. The van der Waals surface area contributed by atoms with Crippen LogP contribution in [-0.4, -0.2) is 12.0 Å². The van der Waals surface area contributed by atoms with Gasteiger partial charge in [-0.15, -0.1) is 11.3 Å². The summed E-state index contributed by atoms with van der Waals surface area (Å²) in [5.74, 6) is -3.75. The number of hydrogen-bond donors (Lipinski definition) is 1. The maximum Gasteiger partial charge on any atom is 0.194 e. The molecule has 1 heterocycles. The fraction of sp³-hybridized carbons (Fsp3) is 0.250. The van der Waals surface area contributed by atoms with Crippen molar-refractivity contribution in [3.8, 4) is 0 Å². The average Bonchev–Trinajstić information content (AvgIpc) is 2.87. The minimum atomic E-state index is -1.43. The Kier molecular flexibility index (Phi) is 3.98. The zero-order valence-electron chi connectivity index (χ0n) is 9.58. The molecule has 0 aliphatic rings. The van der Waals surface area contributed by atoms with E-state index in [1.807, 2.05) is 0 Å². The highest BCUT2D eigenvalue weighted by Crippen LogP contribution is 2.25. The van der Waals surface area contributed by atoms with Crippen LogP contribution in [0.4, 0.5) is 13.2 Å². The van der Waals surface area contributed by atoms with Crippen molar-refractivity contribution in [2.75, 3.05) is 7.05 Å². The molecule has 0 aliphatic carbocycles. The summed E-state index contributed by atoms with van der Waals surface area (Å²) in [5.41, 5.74) is 1.79. The predicted octanol–water partition coefficient (Wildman–Crippen LogP) is 3.06. The van der Waals surface area contributed by atoms with Crippen molar-refractivity contribution in [2.24, 2.45) is 0 Å². The summed E-state index contributed by atoms with van der Waals surface area (Å²) < 4.78 is 39.7. The van der Waals surface area contributed by atoms with Crippen molar-refractivity contribution in [1.82, 2.24) is 10.3 Å². The number of benzene rings is 1. The number of rotatable bonds is 4. The Bertz CT molecular complexity index is 528. The molecule has 0 spiro atoms. The van der Waals surface area contributed by atoms with Gasteiger partial charge in [-0.05, 0) is 13.1 Å². The lowest BCUT2D eigenvalue weighted by atomic mass is 10.0. The van der Waals surface area contributed by atoms with Crippen molar-refractivity contribution in [3.63, 3.8) is 0 Å². The van der Waals surface area contributed by atoms with Crippen molar-refractivity contribution in [1.29, 1.82) is 0 Å². The van der Waals surface area contributed by atoms with Crippen LogP contribution >= 0.6 is 11.3 Å². The average molecular weight is 272 g/mol. The third-order valence-corrected chi connectivity index (χ3v) is 3.48. The van der Waals surface area contributed by atoms with E-state index in [9.17, 15) is 13.2 Å². The van der Waals surface area contributed by atoms with Gasteiger partial charge in [-0.1, -0.05) is 6.07 Å². The van der Waals surface area contributed by atoms with E-state index in [4.69, 9.17) is 0 Å². The van der Waals surface area contributed by atoms with Crippen LogP contribution in [0.5, 0.6) is 0 Å². The van der Waals surface area contributed by atoms with E-state index >= 15 is 0 Å². The van der Waals surface area contributed by atoms with Crippen LogP contribution in [0.25, 0.3) is 0 Å². The molecule has 1 aromatic carbocycles. The molecule has 0 aliphatic heterocycles. The van der Waals surface area contributed by atoms with Gasteiger partial charge in [0.2, 0.25) is 0 Å². The molecule has 2 nitrogen and oxygen atoms in total. The first kappa shape index (κ1) is 13.0. The molecule has 96 valence electrons. The highest BCUT2D eigenvalue weighted by molar-refractivity contribution is 7.09. The largest absolute Gasteiger partial charge is 0.313 e. The third-order valence-electron chi connectivity index (χ3n) is 2.68. The van der Waals surface area contributed by atoms with Gasteiger partial charge >= 0.3 is 0 Å². The first-order chi connectivity index (χ1) is 8.63. The van der Waals surface area contributed by atoms with Gasteiger partial charge in [-0.3, -0.25) is 4.98 Å². The molecule has 6 heteroatoms. The van der Waals surface area contributed by atoms with E-state index in [2.05, 4.69) is 10.3 Å². The van der Waals surface area contributed by atoms with E-state index < -0.39 is 23.5 Å². The summed E-state index contributed by atoms with van der Waals surface area (Å²) in [6.45, 7) is 0. The molecule has 2 aromatic rings. The van der Waals surface area contributed by atoms with E-state index in [0.717, 1.165) is 10.9 Å². The number of nitrogens with zero attached hydrogens (tertiary/aromatic N) is 1. The second-order valence-electron chi connectivity index (χ2n) is 3.78. The third kappa shape index (κ3) is 2.54. The van der Waals surface area contributed by atoms with Crippen molar-refractivity contribution in [3.05, 3.63) is 51.7 Å². The topological polar surface area (TPSA) is 24.9 Å². The highest BCUT2D eigenvalue weighted by Gasteiger charge is 2.20. The molecular weight excluding hydrogens is 261 g/mol. The quantitative estimate of drug-likeness (QED) is 0.865. The van der Waals surface area contributed by atoms with E-state index in [1.165, 1.54) is 17.4 Å². The maximum atomic E-state index is 13.7. The SMILES string of the molecule is CNC(Cc1cncs1)c1ccc(F)c(F)c1F. The van der Waals surface area contributed by atoms with Crippen LogP contribution in [-0.2, 0) is 6.42 Å². The molecule has 0 bridgehead atoms. The molecule has 2 rings (SSSR count). The first-order valence-electron chi connectivity index (χ1n) is 5.31. The fourth-order valence-electron chi connectivity index (χ4n) is 1.72. The van der Waals surface area contributed by atoms with Crippen LogP contribution in [0.3, 0.4) is 0 Å². The lowest BCUT2D eigenvalue weighted by molar-refractivity contribution is 0.429. The van der Waals surface area contributed by atoms with Crippen LogP contribution in [0.2, 0.25) is 0 Å². The number of nitrogens with one attached hydrogen (secondary N) is 1. The number of hydrogen-bond acceptors (Lipinski definition) is 3. The second kappa shape index (κ2) is 5.49. The minimum absolute atomic E-state index is 0.116. The summed E-state index contributed by atoms with van der Waals surface area (Å²) in [4.78, 5) is 4.86. The molecule has 1 N–H and O–H groups in total. The lowest BCUT2D eigenvalue weighted by Gasteiger charge is -2.16. The molecular formula is C12H11F3N2S. The Morgan fingerprint density at radius 3 is 2.67 bits per heavy atom. The van der Waals surface area contributed by atoms with E-state index in [1.54, 1.807) is 18.8 Å². The molecule has 1 atom stereocenters. The van der Waals surface area contributed by atoms with Gasteiger partial charge in [0.1, 0.15) is 0 Å². The normalized spacial score (nSPS) is 12.7. The van der Waals surface area contributed by atoms with Crippen LogP contribution in [0.15, 0.2) is 23.8 Å². The lowest BCUT2D eigenvalue weighted by Crippen LogP contribution is -2.20. The number of halogens is 3. The van der Waals surface area contributed by atoms with E-state index in [0.29, 0.717) is 6.42 Å². The highest BCUT2D eigenvalue weighted by atomic mass is 32.1. The Hall–Kier alpha value is -1.40. The number of likely N-dealkylation sites (N-methyl/N-ethyl adjacent to an activating group) is 1. The van der Waals surface area contributed by atoms with Gasteiger partial charge in [0, 0.05) is 29.1 Å². The van der Waals surface area contributed by atoms with Crippen LogP contribution in [0.1, 0.15) is 16.5 Å². The fourth-order valence-corrected chi connectivity index (χ4v) is 2.36. The Morgan fingerprint density at radius 2 is 2.06 bits per heavy atom. The molecule has 1 unspecified atom stereocenters. The molecule has 18 heavy (non-hydrogen) atoms. The molecule has 0 radical (unpaired) electrons. The number of thiazole rings is 1. The monoisotopic (exact) mass is 272 g/mol. The molecule has 0 saturated carbocycles. The van der Waals surface area contributed by atoms with Gasteiger partial charge in [-0.2, -0.15) is 0 Å². The summed E-state index contributed by atoms with van der Waals surface area (Å²) in [6.07, 6.45) is 2.15. The van der Waals surface area contributed by atoms with Gasteiger partial charge in [0.05, 0.1) is 5.51 Å². The molecule has 0 fully saturated rings. The standard InChI is InChI=1S/C12H11F3N2S/c1-16-10(4-7-5-17-6-18-7)8-2-3-9(13)12(15)11(8)14/h2-3,5-6,10,16H,4H2,1H3. The van der Waals surface area contributed by atoms with Gasteiger partial charge in [-0.25, -0.2) is 13.2 Å². The van der Waals surface area contributed by atoms with Crippen LogP contribution < -0.4 is 5.32 Å². The van der Waals surface area contributed by atoms with Crippen molar-refractivity contribution < 1.29 is 13.2 Å². The Labute approximate surface area is 106 Å². The summed E-state index contributed by atoms with van der Waals surface area (Å²) >= 11 is 1.43. The summed E-state index contributed by atoms with van der Waals surface area (Å²) in [6, 6.07) is 1.78. The Balaban J connectivity index is 2.30. The zero-order chi connectivity index (χ0) is 13.1. The minimum Gasteiger partial charge on any atom is -0.313 e. The second-order valence-corrected chi connectivity index (χ2v) is 4.75. The van der Waals surface area contributed by atoms with Crippen molar-refractivity contribution in [2.45, 2.75) is 12.5 Å². The van der Waals surface area contributed by atoms with Gasteiger partial charge < -0.3 is 5.32 Å². The smallest absolute Gasteiger partial charge is 0.194 e. The molecule has 0 saturated heterocycles. The number of aromatic nitrogens is 1. The predicted molar refractivity (Wildman–Crippen MR) is 63.9 cm³/mol. The Morgan fingerprint density at radius 1 is 1.28 bits per heavy atom. The summed E-state index contributed by atoms with van der Waals surface area (Å²) in [5, 5.41) is 2.89. The van der Waals surface area contributed by atoms with Gasteiger partial charge in [0.15, 0.2) is 17.5 Å². The van der Waals surface area contributed by atoms with Gasteiger partial charge in [0.25, 0.3) is 0 Å².